The van der Waals surface area contributed by atoms with Gasteiger partial charge in [-0.3, -0.25) is 4.79 Å². The molecular formula is C17H18N6OS2. The zero-order valence-corrected chi connectivity index (χ0v) is 16.7. The Morgan fingerprint density at radius 3 is 2.73 bits per heavy atom. The van der Waals surface area contributed by atoms with Crippen LogP contribution in [-0.4, -0.2) is 29.5 Å². The number of hydrogen-bond donors (Lipinski definition) is 1. The van der Waals surface area contributed by atoms with Crippen LogP contribution in [0, 0.1) is 27.7 Å². The summed E-state index contributed by atoms with van der Waals surface area (Å²) in [4.78, 5) is 30.9. The molecule has 1 atom stereocenters. The van der Waals surface area contributed by atoms with Crippen molar-refractivity contribution in [2.24, 2.45) is 0 Å². The first-order valence-corrected chi connectivity index (χ1v) is 9.90. The van der Waals surface area contributed by atoms with Crippen molar-refractivity contribution in [3.8, 4) is 0 Å². The van der Waals surface area contributed by atoms with Gasteiger partial charge in [-0.05, 0) is 46.2 Å². The number of nitrogens with zero attached hydrogens (tertiary/aromatic N) is 5. The number of rotatable bonds is 3. The quantitative estimate of drug-likeness (QED) is 0.542. The fraction of sp³-hybridized carbons (Fsp3) is 0.353. The van der Waals surface area contributed by atoms with Crippen LogP contribution >= 0.6 is 23.1 Å². The highest BCUT2D eigenvalue weighted by atomic mass is 32.2. The van der Waals surface area contributed by atoms with Crippen LogP contribution in [0.2, 0.25) is 0 Å². The standard InChI is InChI=1S/C17H18N6OS2/c1-7-6-8(2)23-16(18-7)21-17(22-23)26-11(5)13-19-14(24)12-9(3)10(4)25-15(12)20-13/h6,11H,1-5H3,(H,19,20,24)/t11-/m1/s1. The molecule has 0 aliphatic heterocycles. The van der Waals surface area contributed by atoms with Crippen LogP contribution in [0.5, 0.6) is 0 Å². The molecule has 0 fully saturated rings. The maximum atomic E-state index is 12.5. The Kier molecular flexibility index (Phi) is 4.07. The second-order valence-corrected chi connectivity index (χ2v) is 8.83. The van der Waals surface area contributed by atoms with E-state index in [9.17, 15) is 4.79 Å². The molecule has 134 valence electrons. The van der Waals surface area contributed by atoms with Gasteiger partial charge >= 0.3 is 0 Å². The first kappa shape index (κ1) is 17.2. The number of aromatic amines is 1. The minimum absolute atomic E-state index is 0.0876. The molecule has 0 saturated carbocycles. The molecule has 0 unspecified atom stereocenters. The number of aryl methyl sites for hydroxylation is 4. The Bertz CT molecular complexity index is 1210. The highest BCUT2D eigenvalue weighted by molar-refractivity contribution is 7.99. The maximum Gasteiger partial charge on any atom is 0.259 e. The zero-order valence-electron chi connectivity index (χ0n) is 15.1. The van der Waals surface area contributed by atoms with E-state index in [-0.39, 0.29) is 10.8 Å². The molecule has 0 radical (unpaired) electrons. The first-order valence-electron chi connectivity index (χ1n) is 8.21. The van der Waals surface area contributed by atoms with Gasteiger partial charge in [0.2, 0.25) is 5.16 Å². The lowest BCUT2D eigenvalue weighted by Gasteiger charge is -2.07. The second kappa shape index (κ2) is 6.17. The fourth-order valence-electron chi connectivity index (χ4n) is 2.88. The van der Waals surface area contributed by atoms with Gasteiger partial charge in [0.15, 0.2) is 0 Å². The molecule has 0 aliphatic carbocycles. The molecule has 4 rings (SSSR count). The van der Waals surface area contributed by atoms with Gasteiger partial charge in [0.1, 0.15) is 10.7 Å². The van der Waals surface area contributed by atoms with Crippen molar-refractivity contribution >= 4 is 39.1 Å². The Hall–Kier alpha value is -2.26. The molecule has 26 heavy (non-hydrogen) atoms. The van der Waals surface area contributed by atoms with E-state index in [0.717, 1.165) is 26.7 Å². The van der Waals surface area contributed by atoms with E-state index in [1.165, 1.54) is 11.8 Å². The predicted octanol–water partition coefficient (Wildman–Crippen LogP) is 3.51. The van der Waals surface area contributed by atoms with Crippen molar-refractivity contribution in [3.05, 3.63) is 44.1 Å². The summed E-state index contributed by atoms with van der Waals surface area (Å²) in [5, 5.41) is 5.72. The summed E-state index contributed by atoms with van der Waals surface area (Å²) in [5.41, 5.74) is 2.81. The summed E-state index contributed by atoms with van der Waals surface area (Å²) >= 11 is 3.01. The fourth-order valence-corrected chi connectivity index (χ4v) is 4.72. The highest BCUT2D eigenvalue weighted by Gasteiger charge is 2.18. The van der Waals surface area contributed by atoms with Crippen molar-refractivity contribution < 1.29 is 0 Å². The second-order valence-electron chi connectivity index (χ2n) is 6.32. The van der Waals surface area contributed by atoms with Gasteiger partial charge in [-0.1, -0.05) is 11.8 Å². The monoisotopic (exact) mass is 386 g/mol. The Morgan fingerprint density at radius 2 is 1.96 bits per heavy atom. The van der Waals surface area contributed by atoms with Gasteiger partial charge in [-0.15, -0.1) is 16.4 Å². The van der Waals surface area contributed by atoms with E-state index in [0.29, 0.717) is 22.1 Å². The van der Waals surface area contributed by atoms with Gasteiger partial charge in [-0.2, -0.15) is 4.98 Å². The third-order valence-electron chi connectivity index (χ3n) is 4.32. The van der Waals surface area contributed by atoms with E-state index in [1.54, 1.807) is 15.9 Å². The van der Waals surface area contributed by atoms with Crippen LogP contribution in [0.4, 0.5) is 0 Å². The molecule has 0 bridgehead atoms. The Labute approximate surface area is 157 Å². The summed E-state index contributed by atoms with van der Waals surface area (Å²) in [6.07, 6.45) is 0. The summed E-state index contributed by atoms with van der Waals surface area (Å²) in [6.45, 7) is 9.87. The third kappa shape index (κ3) is 2.80. The molecule has 0 spiro atoms. The van der Waals surface area contributed by atoms with Crippen LogP contribution in [0.3, 0.4) is 0 Å². The minimum atomic E-state index is -0.0892. The van der Waals surface area contributed by atoms with Crippen LogP contribution in [0.15, 0.2) is 16.0 Å². The molecule has 4 aromatic rings. The van der Waals surface area contributed by atoms with Crippen LogP contribution in [0.25, 0.3) is 16.0 Å². The number of H-pyrrole nitrogens is 1. The topological polar surface area (TPSA) is 88.8 Å². The zero-order chi connectivity index (χ0) is 18.6. The van der Waals surface area contributed by atoms with Crippen LogP contribution in [-0.2, 0) is 0 Å². The number of hydrogen-bond acceptors (Lipinski definition) is 7. The number of fused-ring (bicyclic) bond motifs is 2. The molecule has 0 amide bonds. The lowest BCUT2D eigenvalue weighted by molar-refractivity contribution is 0.837. The lowest BCUT2D eigenvalue weighted by atomic mass is 10.2. The summed E-state index contributed by atoms with van der Waals surface area (Å²) in [5.74, 6) is 1.21. The molecule has 1 N–H and O–H groups in total. The minimum Gasteiger partial charge on any atom is -0.309 e. The first-order chi connectivity index (χ1) is 12.3. The average molecular weight is 387 g/mol. The average Bonchev–Trinajstić information content (AvgIpc) is 3.08. The lowest BCUT2D eigenvalue weighted by Crippen LogP contribution is -2.12. The Balaban J connectivity index is 1.70. The molecule has 7 nitrogen and oxygen atoms in total. The van der Waals surface area contributed by atoms with Crippen LogP contribution in [0.1, 0.15) is 39.8 Å². The van der Waals surface area contributed by atoms with Gasteiger partial charge < -0.3 is 4.98 Å². The molecule has 9 heteroatoms. The van der Waals surface area contributed by atoms with Crippen molar-refractivity contribution in [1.82, 2.24) is 29.5 Å². The van der Waals surface area contributed by atoms with Gasteiger partial charge in [-0.25, -0.2) is 14.5 Å². The normalized spacial score (nSPS) is 13.0. The van der Waals surface area contributed by atoms with Crippen molar-refractivity contribution in [2.45, 2.75) is 45.0 Å². The predicted molar refractivity (Wildman–Crippen MR) is 104 cm³/mol. The van der Waals surface area contributed by atoms with E-state index >= 15 is 0 Å². The van der Waals surface area contributed by atoms with E-state index in [4.69, 9.17) is 0 Å². The third-order valence-corrected chi connectivity index (χ3v) is 6.39. The van der Waals surface area contributed by atoms with E-state index < -0.39 is 0 Å². The SMILES string of the molecule is Cc1cc(C)n2nc(S[C@H](C)c3nc4sc(C)c(C)c4c(=O)[nH]3)nc2n1. The summed E-state index contributed by atoms with van der Waals surface area (Å²) < 4.78 is 1.73. The molecular weight excluding hydrogens is 368 g/mol. The molecule has 4 aromatic heterocycles. The van der Waals surface area contributed by atoms with Gasteiger partial charge in [0, 0.05) is 16.3 Å². The van der Waals surface area contributed by atoms with Crippen molar-refractivity contribution in [1.29, 1.82) is 0 Å². The molecule has 0 saturated heterocycles. The number of thioether (sulfide) groups is 1. The van der Waals surface area contributed by atoms with Crippen molar-refractivity contribution in [3.63, 3.8) is 0 Å². The van der Waals surface area contributed by atoms with Crippen molar-refractivity contribution in [2.75, 3.05) is 0 Å². The van der Waals surface area contributed by atoms with Gasteiger partial charge in [0.05, 0.1) is 10.6 Å². The molecule has 0 aliphatic rings. The molecule has 0 aromatic carbocycles. The van der Waals surface area contributed by atoms with Crippen LogP contribution < -0.4 is 5.56 Å². The largest absolute Gasteiger partial charge is 0.309 e. The Morgan fingerprint density at radius 1 is 1.19 bits per heavy atom. The van der Waals surface area contributed by atoms with E-state index in [1.807, 2.05) is 40.7 Å². The number of aromatic nitrogens is 6. The number of nitrogens with one attached hydrogen (secondary N) is 1. The summed E-state index contributed by atoms with van der Waals surface area (Å²) in [6, 6.07) is 1.97. The highest BCUT2D eigenvalue weighted by Crippen LogP contribution is 2.33. The number of thiophene rings is 1. The maximum absolute atomic E-state index is 12.5. The molecule has 4 heterocycles. The van der Waals surface area contributed by atoms with Gasteiger partial charge in [0.25, 0.3) is 11.3 Å². The summed E-state index contributed by atoms with van der Waals surface area (Å²) in [7, 11) is 0. The smallest absolute Gasteiger partial charge is 0.259 e. The van der Waals surface area contributed by atoms with E-state index in [2.05, 4.69) is 25.0 Å².